The molecule has 0 aliphatic heterocycles. The van der Waals surface area contributed by atoms with Crippen molar-refractivity contribution in [3.8, 4) is 17.1 Å². The minimum atomic E-state index is 1.16. The van der Waals surface area contributed by atoms with Crippen LogP contribution >= 0.6 is 0 Å². The molecule has 11 aromatic rings. The maximum atomic E-state index is 2.50. The Bertz CT molecular complexity index is 3090. The van der Waals surface area contributed by atoms with Crippen molar-refractivity contribution < 1.29 is 0 Å². The first kappa shape index (κ1) is 26.5. The van der Waals surface area contributed by atoms with Crippen molar-refractivity contribution in [3.05, 3.63) is 176 Å². The van der Waals surface area contributed by atoms with Crippen molar-refractivity contribution in [2.45, 2.75) is 0 Å². The quantitative estimate of drug-likeness (QED) is 0.186. The van der Waals surface area contributed by atoms with E-state index in [0.717, 1.165) is 5.69 Å². The monoisotopic (exact) mass is 623 g/mol. The molecule has 0 unspecified atom stereocenters. The van der Waals surface area contributed by atoms with Gasteiger partial charge in [-0.1, -0.05) is 109 Å². The molecule has 0 aliphatic rings. The van der Waals surface area contributed by atoms with Crippen LogP contribution in [0, 0.1) is 0 Å². The standard InChI is InChI=1S/C46H29N3/c1-3-14-31(15-4-1)47-36-21-10-7-18-33(36)44-39(47)24-13-25-40(44)49-38-23-12-9-20-35(38)46-42(49)29-27-30-26-28-41-45(43(30)46)34-19-8-11-22-37(34)48(41)32-16-5-2-6-17-32/h1-29H. The second-order valence-electron chi connectivity index (χ2n) is 12.9. The van der Waals surface area contributed by atoms with Gasteiger partial charge in [-0.05, 0) is 72.1 Å². The Labute approximate surface area is 282 Å². The van der Waals surface area contributed by atoms with Gasteiger partial charge in [0.2, 0.25) is 0 Å². The zero-order valence-electron chi connectivity index (χ0n) is 26.6. The van der Waals surface area contributed by atoms with Crippen LogP contribution in [0.25, 0.3) is 93.3 Å². The second-order valence-corrected chi connectivity index (χ2v) is 12.9. The first-order valence-electron chi connectivity index (χ1n) is 16.9. The molecule has 228 valence electrons. The van der Waals surface area contributed by atoms with Gasteiger partial charge in [0.05, 0.1) is 38.8 Å². The summed E-state index contributed by atoms with van der Waals surface area (Å²) in [5.74, 6) is 0. The molecule has 3 heteroatoms. The highest BCUT2D eigenvalue weighted by Crippen LogP contribution is 2.45. The third-order valence-corrected chi connectivity index (χ3v) is 10.4. The Morgan fingerprint density at radius 2 is 0.653 bits per heavy atom. The number of nitrogens with zero attached hydrogens (tertiary/aromatic N) is 3. The van der Waals surface area contributed by atoms with Gasteiger partial charge >= 0.3 is 0 Å². The summed E-state index contributed by atoms with van der Waals surface area (Å²) >= 11 is 0. The van der Waals surface area contributed by atoms with Crippen LogP contribution in [0.15, 0.2) is 176 Å². The molecule has 0 fully saturated rings. The summed E-state index contributed by atoms with van der Waals surface area (Å²) in [6.45, 7) is 0. The molecule has 0 amide bonds. The van der Waals surface area contributed by atoms with E-state index in [1.165, 1.54) is 87.6 Å². The van der Waals surface area contributed by atoms with Gasteiger partial charge in [0.25, 0.3) is 0 Å². The summed E-state index contributed by atoms with van der Waals surface area (Å²) in [6.07, 6.45) is 0. The second kappa shape index (κ2) is 9.96. The molecule has 0 bridgehead atoms. The number of rotatable bonds is 3. The number of para-hydroxylation sites is 5. The van der Waals surface area contributed by atoms with Gasteiger partial charge in [0.1, 0.15) is 0 Å². The molecule has 3 aromatic heterocycles. The molecule has 3 nitrogen and oxygen atoms in total. The lowest BCUT2D eigenvalue weighted by Gasteiger charge is -2.12. The van der Waals surface area contributed by atoms with Crippen LogP contribution in [-0.2, 0) is 0 Å². The van der Waals surface area contributed by atoms with Crippen LogP contribution in [0.1, 0.15) is 0 Å². The minimum absolute atomic E-state index is 1.16. The summed E-state index contributed by atoms with van der Waals surface area (Å²) in [6, 6.07) is 64.1. The first-order chi connectivity index (χ1) is 24.4. The molecule has 0 radical (unpaired) electrons. The van der Waals surface area contributed by atoms with E-state index in [1.54, 1.807) is 0 Å². The summed E-state index contributed by atoms with van der Waals surface area (Å²) < 4.78 is 7.32. The molecule has 0 spiro atoms. The third kappa shape index (κ3) is 3.56. The lowest BCUT2D eigenvalue weighted by molar-refractivity contribution is 1.17. The minimum Gasteiger partial charge on any atom is -0.309 e. The summed E-state index contributed by atoms with van der Waals surface area (Å²) in [5, 5.41) is 10.2. The molecule has 49 heavy (non-hydrogen) atoms. The fourth-order valence-electron chi connectivity index (χ4n) is 8.49. The van der Waals surface area contributed by atoms with Gasteiger partial charge in [-0.2, -0.15) is 0 Å². The molecule has 3 heterocycles. The molecule has 0 N–H and O–H groups in total. The van der Waals surface area contributed by atoms with Crippen molar-refractivity contribution in [3.63, 3.8) is 0 Å². The SMILES string of the molecule is c1ccc(-n2c3ccccc3c3c(-n4c5ccccc5c5c6c(ccc7c6c6ccccc6n7-c6ccccc6)ccc54)cccc32)cc1. The maximum Gasteiger partial charge on any atom is 0.0562 e. The average Bonchev–Trinajstić information content (AvgIpc) is 3.81. The van der Waals surface area contributed by atoms with E-state index in [1.807, 2.05) is 0 Å². The maximum absolute atomic E-state index is 2.50. The Kier molecular flexibility index (Phi) is 5.38. The highest BCUT2D eigenvalue weighted by Gasteiger charge is 2.22. The Morgan fingerprint density at radius 3 is 1.20 bits per heavy atom. The molecular formula is C46H29N3. The van der Waals surface area contributed by atoms with Crippen LogP contribution in [0.2, 0.25) is 0 Å². The predicted octanol–water partition coefficient (Wildman–Crippen LogP) is 12.1. The van der Waals surface area contributed by atoms with E-state index < -0.39 is 0 Å². The largest absolute Gasteiger partial charge is 0.309 e. The molecular weight excluding hydrogens is 595 g/mol. The van der Waals surface area contributed by atoms with E-state index in [4.69, 9.17) is 0 Å². The molecule has 0 saturated carbocycles. The topological polar surface area (TPSA) is 14.8 Å². The van der Waals surface area contributed by atoms with Crippen molar-refractivity contribution in [2.75, 3.05) is 0 Å². The lowest BCUT2D eigenvalue weighted by atomic mass is 9.98. The summed E-state index contributed by atoms with van der Waals surface area (Å²) in [5.41, 5.74) is 10.8. The van der Waals surface area contributed by atoms with Crippen molar-refractivity contribution >= 4 is 76.2 Å². The molecule has 0 aliphatic carbocycles. The van der Waals surface area contributed by atoms with Crippen LogP contribution in [0.5, 0.6) is 0 Å². The first-order valence-corrected chi connectivity index (χ1v) is 16.9. The number of hydrogen-bond donors (Lipinski definition) is 0. The van der Waals surface area contributed by atoms with E-state index in [9.17, 15) is 0 Å². The zero-order chi connectivity index (χ0) is 32.1. The van der Waals surface area contributed by atoms with Gasteiger partial charge in [-0.15, -0.1) is 0 Å². The van der Waals surface area contributed by atoms with Crippen molar-refractivity contribution in [1.29, 1.82) is 0 Å². The zero-order valence-corrected chi connectivity index (χ0v) is 26.6. The van der Waals surface area contributed by atoms with E-state index in [-0.39, 0.29) is 0 Å². The van der Waals surface area contributed by atoms with E-state index in [2.05, 4.69) is 190 Å². The number of aromatic nitrogens is 3. The summed E-state index contributed by atoms with van der Waals surface area (Å²) in [4.78, 5) is 0. The number of benzene rings is 8. The highest BCUT2D eigenvalue weighted by atomic mass is 15.0. The van der Waals surface area contributed by atoms with Gasteiger partial charge in [0.15, 0.2) is 0 Å². The smallest absolute Gasteiger partial charge is 0.0562 e. The van der Waals surface area contributed by atoms with Gasteiger partial charge < -0.3 is 13.7 Å². The Balaban J connectivity index is 1.33. The summed E-state index contributed by atoms with van der Waals surface area (Å²) in [7, 11) is 0. The van der Waals surface area contributed by atoms with E-state index >= 15 is 0 Å². The van der Waals surface area contributed by atoms with Crippen LogP contribution < -0.4 is 0 Å². The number of hydrogen-bond acceptors (Lipinski definition) is 0. The molecule has 0 saturated heterocycles. The molecule has 11 rings (SSSR count). The van der Waals surface area contributed by atoms with Crippen LogP contribution in [0.3, 0.4) is 0 Å². The van der Waals surface area contributed by atoms with Gasteiger partial charge in [-0.3, -0.25) is 0 Å². The predicted molar refractivity (Wildman–Crippen MR) is 207 cm³/mol. The lowest BCUT2D eigenvalue weighted by Crippen LogP contribution is -1.96. The Morgan fingerprint density at radius 1 is 0.245 bits per heavy atom. The third-order valence-electron chi connectivity index (χ3n) is 10.4. The van der Waals surface area contributed by atoms with Crippen molar-refractivity contribution in [1.82, 2.24) is 13.7 Å². The highest BCUT2D eigenvalue weighted by molar-refractivity contribution is 6.33. The fraction of sp³-hybridized carbons (Fsp3) is 0. The molecule has 8 aromatic carbocycles. The Hall–Kier alpha value is -6.58. The fourth-order valence-corrected chi connectivity index (χ4v) is 8.49. The van der Waals surface area contributed by atoms with Crippen molar-refractivity contribution in [2.24, 2.45) is 0 Å². The van der Waals surface area contributed by atoms with Gasteiger partial charge in [0, 0.05) is 49.1 Å². The average molecular weight is 624 g/mol. The molecule has 0 atom stereocenters. The van der Waals surface area contributed by atoms with Crippen LogP contribution in [0.4, 0.5) is 0 Å². The van der Waals surface area contributed by atoms with Gasteiger partial charge in [-0.25, -0.2) is 0 Å². The van der Waals surface area contributed by atoms with Crippen LogP contribution in [-0.4, -0.2) is 13.7 Å². The van der Waals surface area contributed by atoms with E-state index in [0.29, 0.717) is 0 Å². The number of fused-ring (bicyclic) bond motifs is 12. The normalized spacial score (nSPS) is 12.1.